The second-order valence-electron chi connectivity index (χ2n) is 3.71. The van der Waals surface area contributed by atoms with Crippen molar-refractivity contribution < 1.29 is 15.0 Å². The third-order valence-corrected chi connectivity index (χ3v) is 4.27. The first-order chi connectivity index (χ1) is 9.08. The number of Topliss-reactive ketones (excluding diaryl/α,β-unsaturated/α-hetero) is 1. The van der Waals surface area contributed by atoms with Gasteiger partial charge in [-0.1, -0.05) is 11.8 Å². The lowest BCUT2D eigenvalue weighted by Crippen LogP contribution is -2.02. The molecule has 1 aromatic heterocycles. The number of hydrogen-bond donors (Lipinski definition) is 2. The Morgan fingerprint density at radius 2 is 2.05 bits per heavy atom. The van der Waals surface area contributed by atoms with E-state index in [1.165, 1.54) is 30.0 Å². The van der Waals surface area contributed by atoms with Gasteiger partial charge >= 0.3 is 0 Å². The highest BCUT2D eigenvalue weighted by atomic mass is 79.9. The van der Waals surface area contributed by atoms with E-state index < -0.39 is 0 Å². The predicted molar refractivity (Wildman–Crippen MR) is 76.8 cm³/mol. The molecule has 6 heteroatoms. The third-order valence-electron chi connectivity index (χ3n) is 2.36. The Bertz CT molecular complexity index is 619. The first-order valence-electron chi connectivity index (χ1n) is 5.36. The number of thioether (sulfide) groups is 1. The van der Waals surface area contributed by atoms with E-state index in [9.17, 15) is 15.0 Å². The molecule has 1 heterocycles. The van der Waals surface area contributed by atoms with Crippen molar-refractivity contribution in [2.24, 2.45) is 0 Å². The molecule has 0 saturated carbocycles. The van der Waals surface area contributed by atoms with Gasteiger partial charge in [0.25, 0.3) is 0 Å². The summed E-state index contributed by atoms with van der Waals surface area (Å²) >= 11 is 4.66. The summed E-state index contributed by atoms with van der Waals surface area (Å²) in [7, 11) is 0. The Morgan fingerprint density at radius 3 is 2.74 bits per heavy atom. The number of nitrogens with zero attached hydrogens (tertiary/aromatic N) is 1. The standard InChI is InChI=1S/C13H10BrNO3S/c14-9-2-1-5-15-13(9)19-7-12(18)8-3-4-10(16)11(17)6-8/h1-6,16-17H,7H2. The fourth-order valence-corrected chi connectivity index (χ4v) is 2.77. The summed E-state index contributed by atoms with van der Waals surface area (Å²) in [5.74, 6) is -0.468. The molecule has 4 nitrogen and oxygen atoms in total. The summed E-state index contributed by atoms with van der Waals surface area (Å²) in [5.41, 5.74) is 0.356. The van der Waals surface area contributed by atoms with E-state index in [0.717, 1.165) is 9.50 Å². The van der Waals surface area contributed by atoms with Gasteiger partial charge in [-0.25, -0.2) is 4.98 Å². The fourth-order valence-electron chi connectivity index (χ4n) is 1.39. The van der Waals surface area contributed by atoms with E-state index in [0.29, 0.717) is 5.56 Å². The van der Waals surface area contributed by atoms with Crippen molar-refractivity contribution in [2.45, 2.75) is 5.03 Å². The first-order valence-corrected chi connectivity index (χ1v) is 7.14. The quantitative estimate of drug-likeness (QED) is 0.508. The number of aromatic hydroxyl groups is 2. The number of benzene rings is 1. The largest absolute Gasteiger partial charge is 0.504 e. The molecule has 0 radical (unpaired) electrons. The van der Waals surface area contributed by atoms with Crippen LogP contribution < -0.4 is 0 Å². The highest BCUT2D eigenvalue weighted by Crippen LogP contribution is 2.28. The summed E-state index contributed by atoms with van der Waals surface area (Å²) in [6.07, 6.45) is 1.66. The third kappa shape index (κ3) is 3.48. The molecule has 0 unspecified atom stereocenters. The van der Waals surface area contributed by atoms with Crippen LogP contribution in [0, 0.1) is 0 Å². The highest BCUT2D eigenvalue weighted by Gasteiger charge is 2.11. The molecule has 2 rings (SSSR count). The minimum atomic E-state index is -0.296. The Kier molecular flexibility index (Phi) is 4.44. The number of phenols is 2. The zero-order valence-electron chi connectivity index (χ0n) is 9.71. The first kappa shape index (κ1) is 13.9. The summed E-state index contributed by atoms with van der Waals surface area (Å²) in [6, 6.07) is 7.68. The van der Waals surface area contributed by atoms with E-state index in [2.05, 4.69) is 20.9 Å². The molecule has 0 fully saturated rings. The van der Waals surface area contributed by atoms with Crippen LogP contribution in [0.1, 0.15) is 10.4 Å². The van der Waals surface area contributed by atoms with Gasteiger partial charge in [-0.2, -0.15) is 0 Å². The highest BCUT2D eigenvalue weighted by molar-refractivity contribution is 9.10. The predicted octanol–water partition coefficient (Wildman–Crippen LogP) is 3.23. The molecule has 2 aromatic rings. The molecule has 1 aromatic carbocycles. The molecule has 0 bridgehead atoms. The van der Waals surface area contributed by atoms with Gasteiger partial charge in [-0.3, -0.25) is 4.79 Å². The van der Waals surface area contributed by atoms with Crippen LogP contribution in [0.2, 0.25) is 0 Å². The van der Waals surface area contributed by atoms with Crippen molar-refractivity contribution >= 4 is 33.5 Å². The maximum Gasteiger partial charge on any atom is 0.173 e. The SMILES string of the molecule is O=C(CSc1ncccc1Br)c1ccc(O)c(O)c1. The minimum Gasteiger partial charge on any atom is -0.504 e. The fraction of sp³-hybridized carbons (Fsp3) is 0.0769. The number of hydrogen-bond acceptors (Lipinski definition) is 5. The maximum absolute atomic E-state index is 11.9. The lowest BCUT2D eigenvalue weighted by molar-refractivity contribution is 0.102. The van der Waals surface area contributed by atoms with Crippen LogP contribution in [0.15, 0.2) is 46.0 Å². The Hall–Kier alpha value is -1.53. The van der Waals surface area contributed by atoms with Gasteiger partial charge in [-0.15, -0.1) is 0 Å². The molecule has 98 valence electrons. The van der Waals surface area contributed by atoms with Gasteiger partial charge in [0, 0.05) is 16.2 Å². The van der Waals surface area contributed by atoms with Crippen LogP contribution in [0.25, 0.3) is 0 Å². The Morgan fingerprint density at radius 1 is 1.26 bits per heavy atom. The number of ketones is 1. The molecular weight excluding hydrogens is 330 g/mol. The van der Waals surface area contributed by atoms with Crippen molar-refractivity contribution in [3.8, 4) is 11.5 Å². The molecule has 0 spiro atoms. The van der Waals surface area contributed by atoms with Crippen LogP contribution in [0.3, 0.4) is 0 Å². The second-order valence-corrected chi connectivity index (χ2v) is 5.52. The van der Waals surface area contributed by atoms with E-state index in [1.54, 1.807) is 12.3 Å². The number of pyridine rings is 1. The molecular formula is C13H10BrNO3S. The molecule has 0 atom stereocenters. The number of phenolic OH excluding ortho intramolecular Hbond substituents is 2. The number of carbonyl (C=O) groups is 1. The van der Waals surface area contributed by atoms with E-state index in [-0.39, 0.29) is 23.0 Å². The maximum atomic E-state index is 11.9. The monoisotopic (exact) mass is 339 g/mol. The summed E-state index contributed by atoms with van der Waals surface area (Å²) in [4.78, 5) is 16.1. The average molecular weight is 340 g/mol. The lowest BCUT2D eigenvalue weighted by atomic mass is 10.1. The van der Waals surface area contributed by atoms with Crippen molar-refractivity contribution in [1.82, 2.24) is 4.98 Å². The molecule has 0 aliphatic heterocycles. The van der Waals surface area contributed by atoms with Crippen LogP contribution in [0.5, 0.6) is 11.5 Å². The normalized spacial score (nSPS) is 10.4. The summed E-state index contributed by atoms with van der Waals surface area (Å²) in [6.45, 7) is 0. The zero-order valence-corrected chi connectivity index (χ0v) is 12.1. The van der Waals surface area contributed by atoms with Gasteiger partial charge in [0.1, 0.15) is 5.03 Å². The van der Waals surface area contributed by atoms with Crippen LogP contribution in [0.4, 0.5) is 0 Å². The molecule has 19 heavy (non-hydrogen) atoms. The van der Waals surface area contributed by atoms with Gasteiger partial charge in [0.05, 0.1) is 5.75 Å². The van der Waals surface area contributed by atoms with Gasteiger partial charge in [0.2, 0.25) is 0 Å². The summed E-state index contributed by atoms with van der Waals surface area (Å²) < 4.78 is 0.835. The van der Waals surface area contributed by atoms with E-state index in [1.807, 2.05) is 6.07 Å². The van der Waals surface area contributed by atoms with E-state index >= 15 is 0 Å². The van der Waals surface area contributed by atoms with Crippen LogP contribution in [-0.2, 0) is 0 Å². The Labute approximate surface area is 122 Å². The lowest BCUT2D eigenvalue weighted by Gasteiger charge is -2.04. The summed E-state index contributed by atoms with van der Waals surface area (Å²) in [5, 5.41) is 19.3. The number of carbonyl (C=O) groups excluding carboxylic acids is 1. The molecule has 0 amide bonds. The second kappa shape index (κ2) is 6.08. The van der Waals surface area contributed by atoms with Crippen LogP contribution in [-0.4, -0.2) is 26.7 Å². The van der Waals surface area contributed by atoms with Gasteiger partial charge in [0.15, 0.2) is 17.3 Å². The van der Waals surface area contributed by atoms with Crippen molar-refractivity contribution in [3.05, 3.63) is 46.6 Å². The van der Waals surface area contributed by atoms with Gasteiger partial charge in [-0.05, 0) is 46.3 Å². The van der Waals surface area contributed by atoms with Gasteiger partial charge < -0.3 is 10.2 Å². The minimum absolute atomic E-state index is 0.141. The van der Waals surface area contributed by atoms with Crippen molar-refractivity contribution in [3.63, 3.8) is 0 Å². The van der Waals surface area contributed by atoms with Crippen LogP contribution >= 0.6 is 27.7 Å². The van der Waals surface area contributed by atoms with Crippen molar-refractivity contribution in [2.75, 3.05) is 5.75 Å². The molecule has 2 N–H and O–H groups in total. The van der Waals surface area contributed by atoms with Crippen molar-refractivity contribution in [1.29, 1.82) is 0 Å². The molecule has 0 aliphatic rings. The number of rotatable bonds is 4. The average Bonchev–Trinajstić information content (AvgIpc) is 2.40. The van der Waals surface area contributed by atoms with E-state index in [4.69, 9.17) is 0 Å². The molecule has 0 saturated heterocycles. The topological polar surface area (TPSA) is 70.4 Å². The zero-order chi connectivity index (χ0) is 13.8. The molecule has 0 aliphatic carbocycles. The Balaban J connectivity index is 2.05. The number of aromatic nitrogens is 1. The smallest absolute Gasteiger partial charge is 0.173 e. The number of halogens is 1.